The van der Waals surface area contributed by atoms with Gasteiger partial charge in [-0.1, -0.05) is 12.1 Å². The summed E-state index contributed by atoms with van der Waals surface area (Å²) < 4.78 is 27.4. The van der Waals surface area contributed by atoms with Crippen LogP contribution in [0.5, 0.6) is 0 Å². The fourth-order valence-electron chi connectivity index (χ4n) is 1.96. The fraction of sp³-hybridized carbons (Fsp3) is 0.0833. The van der Waals surface area contributed by atoms with Gasteiger partial charge in [0.15, 0.2) is 5.82 Å². The monoisotopic (exact) mass is 304 g/mol. The van der Waals surface area contributed by atoms with E-state index in [-0.39, 0.29) is 4.90 Å². The van der Waals surface area contributed by atoms with Gasteiger partial charge in [0.25, 0.3) is 10.0 Å². The van der Waals surface area contributed by atoms with Gasteiger partial charge in [0.1, 0.15) is 11.2 Å². The molecule has 1 aliphatic heterocycles. The lowest BCUT2D eigenvalue weighted by Gasteiger charge is -2.24. The van der Waals surface area contributed by atoms with Crippen LogP contribution >= 0.6 is 0 Å². The van der Waals surface area contributed by atoms with Gasteiger partial charge >= 0.3 is 0 Å². The number of hydrogen-bond donors (Lipinski definition) is 2. The van der Waals surface area contributed by atoms with Gasteiger partial charge in [0.2, 0.25) is 0 Å². The Morgan fingerprint density at radius 1 is 1.19 bits per heavy atom. The molecule has 8 nitrogen and oxygen atoms in total. The molecule has 0 radical (unpaired) electrons. The predicted octanol–water partition coefficient (Wildman–Crippen LogP) is 0.499. The molecule has 0 amide bonds. The minimum atomic E-state index is -3.61. The molecule has 0 spiro atoms. The number of hydrazine groups is 1. The number of benzene rings is 1. The molecule has 0 fully saturated rings. The van der Waals surface area contributed by atoms with E-state index in [4.69, 9.17) is 5.84 Å². The van der Waals surface area contributed by atoms with E-state index >= 15 is 0 Å². The fourth-order valence-corrected chi connectivity index (χ4v) is 3.01. The quantitative estimate of drug-likeness (QED) is 0.627. The summed E-state index contributed by atoms with van der Waals surface area (Å²) in [6, 6.07) is 6.69. The molecular formula is C12H12N6O2S. The zero-order valence-electron chi connectivity index (χ0n) is 10.8. The van der Waals surface area contributed by atoms with Gasteiger partial charge in [-0.2, -0.15) is 8.42 Å². The molecule has 3 rings (SSSR count). The highest BCUT2D eigenvalue weighted by atomic mass is 32.2. The van der Waals surface area contributed by atoms with Crippen LogP contribution in [0.3, 0.4) is 0 Å². The average molecular weight is 304 g/mol. The average Bonchev–Trinajstić information content (AvgIpc) is 2.51. The third kappa shape index (κ3) is 2.56. The Kier molecular flexibility index (Phi) is 3.28. The van der Waals surface area contributed by atoms with Gasteiger partial charge in [-0.25, -0.2) is 10.8 Å². The molecule has 108 valence electrons. The van der Waals surface area contributed by atoms with Gasteiger partial charge in [-0.3, -0.25) is 4.98 Å². The smallest absolute Gasteiger partial charge is 0.285 e. The Balaban J connectivity index is 1.93. The zero-order chi connectivity index (χ0) is 14.9. The summed E-state index contributed by atoms with van der Waals surface area (Å²) in [7, 11) is -3.61. The summed E-state index contributed by atoms with van der Waals surface area (Å²) in [5.74, 6) is 5.68. The number of hydrogen-bond acceptors (Lipinski definition) is 7. The third-order valence-electron chi connectivity index (χ3n) is 2.96. The highest BCUT2D eigenvalue weighted by molar-refractivity contribution is 7.90. The van der Waals surface area contributed by atoms with Crippen LogP contribution in [0.4, 0.5) is 11.5 Å². The van der Waals surface area contributed by atoms with Crippen LogP contribution in [0.15, 0.2) is 46.0 Å². The molecule has 1 aliphatic rings. The van der Waals surface area contributed by atoms with Crippen molar-refractivity contribution in [2.75, 3.05) is 10.3 Å². The van der Waals surface area contributed by atoms with E-state index in [0.29, 0.717) is 23.7 Å². The molecule has 9 heteroatoms. The van der Waals surface area contributed by atoms with Gasteiger partial charge in [0, 0.05) is 0 Å². The first kappa shape index (κ1) is 13.5. The second kappa shape index (κ2) is 5.11. The number of aromatic nitrogens is 2. The van der Waals surface area contributed by atoms with E-state index in [1.54, 1.807) is 29.3 Å². The molecule has 0 aliphatic carbocycles. The summed E-state index contributed by atoms with van der Waals surface area (Å²) in [5.41, 5.74) is 3.62. The molecule has 3 N–H and O–H groups in total. The van der Waals surface area contributed by atoms with Crippen molar-refractivity contribution in [2.24, 2.45) is 10.2 Å². The maximum absolute atomic E-state index is 11.9. The van der Waals surface area contributed by atoms with Crippen molar-refractivity contribution in [2.45, 2.75) is 11.4 Å². The van der Waals surface area contributed by atoms with Crippen molar-refractivity contribution in [1.82, 2.24) is 9.97 Å². The molecule has 0 saturated carbocycles. The third-order valence-corrected chi connectivity index (χ3v) is 4.24. The summed E-state index contributed by atoms with van der Waals surface area (Å²) in [4.78, 5) is 10.1. The first-order valence-corrected chi connectivity index (χ1v) is 7.48. The van der Waals surface area contributed by atoms with Crippen LogP contribution in [-0.2, 0) is 16.6 Å². The molecule has 0 unspecified atom stereocenters. The second-order valence-electron chi connectivity index (χ2n) is 4.33. The van der Waals surface area contributed by atoms with Crippen LogP contribution in [-0.4, -0.2) is 24.7 Å². The minimum Gasteiger partial charge on any atom is -0.324 e. The lowest BCUT2D eigenvalue weighted by molar-refractivity contribution is 0.597. The number of rotatable bonds is 3. The maximum Gasteiger partial charge on any atom is 0.285 e. The Labute approximate surface area is 121 Å². The minimum absolute atomic E-state index is 0.181. The first-order chi connectivity index (χ1) is 10.1. The van der Waals surface area contributed by atoms with Crippen LogP contribution in [0.2, 0.25) is 0 Å². The highest BCUT2D eigenvalue weighted by Gasteiger charge is 2.24. The Morgan fingerprint density at radius 3 is 2.71 bits per heavy atom. The van der Waals surface area contributed by atoms with Crippen LogP contribution in [0, 0.1) is 0 Å². The van der Waals surface area contributed by atoms with Crippen LogP contribution in [0.25, 0.3) is 0 Å². The van der Waals surface area contributed by atoms with Crippen LogP contribution in [0.1, 0.15) is 5.69 Å². The molecular weight excluding hydrogens is 292 g/mol. The Bertz CT molecular complexity index is 788. The molecule has 0 bridgehead atoms. The van der Waals surface area contributed by atoms with Crippen molar-refractivity contribution in [3.05, 3.63) is 42.4 Å². The number of nitrogens with one attached hydrogen (secondary N) is 1. The largest absolute Gasteiger partial charge is 0.324 e. The van der Waals surface area contributed by atoms with E-state index in [1.165, 1.54) is 18.6 Å². The van der Waals surface area contributed by atoms with E-state index in [0.717, 1.165) is 0 Å². The molecule has 2 aromatic rings. The zero-order valence-corrected chi connectivity index (χ0v) is 11.7. The number of nitrogens with zero attached hydrogens (tertiary/aromatic N) is 4. The lowest BCUT2D eigenvalue weighted by Crippen LogP contribution is -2.27. The normalized spacial score (nSPS) is 15.6. The number of nitrogen functional groups attached to an aromatic ring is 1. The summed E-state index contributed by atoms with van der Waals surface area (Å²) in [5, 5.41) is 0. The summed E-state index contributed by atoms with van der Waals surface area (Å²) >= 11 is 0. The SMILES string of the molecule is NNc1cnc(CN2C=NS(=O)(=O)c3ccccc32)cn1. The number of para-hydroxylation sites is 1. The van der Waals surface area contributed by atoms with E-state index in [2.05, 4.69) is 19.8 Å². The molecule has 2 heterocycles. The first-order valence-electron chi connectivity index (χ1n) is 6.04. The molecule has 0 saturated heterocycles. The topological polar surface area (TPSA) is 114 Å². The van der Waals surface area contributed by atoms with Gasteiger partial charge < -0.3 is 10.3 Å². The van der Waals surface area contributed by atoms with Gasteiger partial charge in [-0.05, 0) is 12.1 Å². The van der Waals surface area contributed by atoms with Crippen molar-refractivity contribution in [1.29, 1.82) is 0 Å². The maximum atomic E-state index is 11.9. The van der Waals surface area contributed by atoms with E-state index in [9.17, 15) is 8.42 Å². The van der Waals surface area contributed by atoms with Crippen LogP contribution < -0.4 is 16.2 Å². The Hall–Kier alpha value is -2.52. The van der Waals surface area contributed by atoms with Crippen molar-refractivity contribution in [3.8, 4) is 0 Å². The van der Waals surface area contributed by atoms with Gasteiger partial charge in [0.05, 0.1) is 30.3 Å². The van der Waals surface area contributed by atoms with E-state index < -0.39 is 10.0 Å². The molecule has 0 atom stereocenters. The number of sulfonamides is 1. The summed E-state index contributed by atoms with van der Waals surface area (Å²) in [6.07, 6.45) is 4.35. The molecule has 1 aromatic heterocycles. The number of fused-ring (bicyclic) bond motifs is 1. The second-order valence-corrected chi connectivity index (χ2v) is 5.93. The Morgan fingerprint density at radius 2 is 2.00 bits per heavy atom. The number of nitrogens with two attached hydrogens (primary N) is 1. The lowest BCUT2D eigenvalue weighted by atomic mass is 10.3. The molecule has 21 heavy (non-hydrogen) atoms. The molecule has 1 aromatic carbocycles. The standard InChI is InChI=1S/C12H12N6O2S/c13-17-12-6-14-9(5-15-12)7-18-8-16-21(19,20)11-4-2-1-3-10(11)18/h1-6,8H,7,13H2,(H,15,17). The highest BCUT2D eigenvalue weighted by Crippen LogP contribution is 2.29. The number of anilines is 2. The van der Waals surface area contributed by atoms with Gasteiger partial charge in [-0.15, -0.1) is 4.40 Å². The van der Waals surface area contributed by atoms with Crippen molar-refractivity contribution < 1.29 is 8.42 Å². The predicted molar refractivity (Wildman–Crippen MR) is 78.1 cm³/mol. The van der Waals surface area contributed by atoms with Crippen molar-refractivity contribution >= 4 is 27.9 Å². The summed E-state index contributed by atoms with van der Waals surface area (Å²) in [6.45, 7) is 0.355. The van der Waals surface area contributed by atoms with E-state index in [1.807, 2.05) is 0 Å². The van der Waals surface area contributed by atoms with Crippen molar-refractivity contribution in [3.63, 3.8) is 0 Å².